The number of rotatable bonds is 4. The van der Waals surface area contributed by atoms with Crippen LogP contribution in [0.1, 0.15) is 16.1 Å². The topological polar surface area (TPSA) is 47.8 Å². The minimum atomic E-state index is -0.0511. The molecule has 0 amide bonds. The molecule has 0 aliphatic rings. The van der Waals surface area contributed by atoms with Gasteiger partial charge in [-0.2, -0.15) is 0 Å². The Labute approximate surface area is 122 Å². The molecule has 0 aliphatic carbocycles. The Bertz CT molecular complexity index is 761. The quantitative estimate of drug-likeness (QED) is 0.543. The monoisotopic (exact) mass is 275 g/mol. The van der Waals surface area contributed by atoms with Gasteiger partial charge in [0.15, 0.2) is 5.78 Å². The summed E-state index contributed by atoms with van der Waals surface area (Å²) >= 11 is 0. The molecule has 0 fully saturated rings. The van der Waals surface area contributed by atoms with Gasteiger partial charge in [-0.3, -0.25) is 4.79 Å². The van der Waals surface area contributed by atoms with Crippen LogP contribution in [0.25, 0.3) is 11.8 Å². The Balaban J connectivity index is 1.76. The van der Waals surface area contributed by atoms with E-state index in [4.69, 9.17) is 0 Å². The summed E-state index contributed by atoms with van der Waals surface area (Å²) in [7, 11) is 0. The van der Waals surface area contributed by atoms with Crippen LogP contribution in [-0.2, 0) is 0 Å². The minimum absolute atomic E-state index is 0.0511. The number of nitrogens with zero attached hydrogens (tertiary/aromatic N) is 3. The molecule has 21 heavy (non-hydrogen) atoms. The summed E-state index contributed by atoms with van der Waals surface area (Å²) < 4.78 is 1.67. The van der Waals surface area contributed by atoms with E-state index in [1.165, 1.54) is 6.08 Å². The van der Waals surface area contributed by atoms with Crippen LogP contribution in [-0.4, -0.2) is 20.8 Å². The Kier molecular flexibility index (Phi) is 3.69. The maximum absolute atomic E-state index is 12.0. The first-order valence-electron chi connectivity index (χ1n) is 6.58. The van der Waals surface area contributed by atoms with Gasteiger partial charge in [0, 0.05) is 5.56 Å². The number of para-hydroxylation sites is 1. The van der Waals surface area contributed by atoms with Crippen molar-refractivity contribution in [1.82, 2.24) is 15.0 Å². The van der Waals surface area contributed by atoms with Crippen molar-refractivity contribution in [3.8, 4) is 5.69 Å². The Morgan fingerprint density at radius 2 is 1.62 bits per heavy atom. The summed E-state index contributed by atoms with van der Waals surface area (Å²) in [5.41, 5.74) is 2.23. The van der Waals surface area contributed by atoms with Crippen molar-refractivity contribution in [1.29, 1.82) is 0 Å². The third-order valence-electron chi connectivity index (χ3n) is 3.00. The predicted octanol–water partition coefficient (Wildman–Crippen LogP) is 3.16. The maximum atomic E-state index is 12.0. The van der Waals surface area contributed by atoms with E-state index in [1.54, 1.807) is 29.1 Å². The van der Waals surface area contributed by atoms with E-state index in [0.717, 1.165) is 5.69 Å². The lowest BCUT2D eigenvalue weighted by molar-refractivity contribution is 0.104. The predicted molar refractivity (Wildman–Crippen MR) is 81.2 cm³/mol. The molecule has 1 aromatic heterocycles. The number of allylic oxidation sites excluding steroid dienone is 1. The first-order valence-corrected chi connectivity index (χ1v) is 6.58. The molecule has 2 aromatic carbocycles. The fourth-order valence-electron chi connectivity index (χ4n) is 1.92. The Morgan fingerprint density at radius 1 is 0.952 bits per heavy atom. The number of hydrogen-bond acceptors (Lipinski definition) is 3. The molecule has 0 atom stereocenters. The van der Waals surface area contributed by atoms with Crippen LogP contribution in [0.2, 0.25) is 0 Å². The SMILES string of the molecule is O=C(C=Cc1cn(-c2ccccc2)nn1)c1ccccc1. The highest BCUT2D eigenvalue weighted by Crippen LogP contribution is 2.07. The van der Waals surface area contributed by atoms with Crippen molar-refractivity contribution >= 4 is 11.9 Å². The van der Waals surface area contributed by atoms with E-state index in [1.807, 2.05) is 48.5 Å². The molecular weight excluding hydrogens is 262 g/mol. The van der Waals surface area contributed by atoms with Crippen LogP contribution in [0.4, 0.5) is 0 Å². The van der Waals surface area contributed by atoms with E-state index in [0.29, 0.717) is 11.3 Å². The normalized spacial score (nSPS) is 10.9. The summed E-state index contributed by atoms with van der Waals surface area (Å²) in [6.07, 6.45) is 4.96. The van der Waals surface area contributed by atoms with Crippen molar-refractivity contribution in [3.63, 3.8) is 0 Å². The van der Waals surface area contributed by atoms with Gasteiger partial charge in [0.05, 0.1) is 11.9 Å². The van der Waals surface area contributed by atoms with Crippen LogP contribution in [0.5, 0.6) is 0 Å². The molecule has 4 heteroatoms. The number of aromatic nitrogens is 3. The van der Waals surface area contributed by atoms with Crippen LogP contribution >= 0.6 is 0 Å². The average Bonchev–Trinajstić information content (AvgIpc) is 3.03. The highest BCUT2D eigenvalue weighted by atomic mass is 16.1. The van der Waals surface area contributed by atoms with Crippen molar-refractivity contribution in [2.24, 2.45) is 0 Å². The minimum Gasteiger partial charge on any atom is -0.289 e. The van der Waals surface area contributed by atoms with Crippen LogP contribution in [0.15, 0.2) is 72.9 Å². The van der Waals surface area contributed by atoms with Crippen LogP contribution in [0.3, 0.4) is 0 Å². The zero-order chi connectivity index (χ0) is 14.5. The molecule has 0 saturated heterocycles. The second-order valence-electron chi connectivity index (χ2n) is 4.49. The van der Waals surface area contributed by atoms with E-state index in [2.05, 4.69) is 10.3 Å². The summed E-state index contributed by atoms with van der Waals surface area (Å²) in [6.45, 7) is 0. The Morgan fingerprint density at radius 3 is 2.33 bits per heavy atom. The molecule has 0 unspecified atom stereocenters. The van der Waals surface area contributed by atoms with Crippen molar-refractivity contribution in [2.75, 3.05) is 0 Å². The van der Waals surface area contributed by atoms with Gasteiger partial charge < -0.3 is 0 Å². The third-order valence-corrected chi connectivity index (χ3v) is 3.00. The number of carbonyl (C=O) groups is 1. The van der Waals surface area contributed by atoms with E-state index in [-0.39, 0.29) is 5.78 Å². The van der Waals surface area contributed by atoms with Gasteiger partial charge in [-0.25, -0.2) is 4.68 Å². The summed E-state index contributed by atoms with van der Waals surface area (Å²) in [5, 5.41) is 8.07. The van der Waals surface area contributed by atoms with Crippen LogP contribution < -0.4 is 0 Å². The molecule has 1 heterocycles. The molecule has 3 rings (SSSR count). The summed E-state index contributed by atoms with van der Waals surface area (Å²) in [5.74, 6) is -0.0511. The van der Waals surface area contributed by atoms with E-state index in [9.17, 15) is 4.79 Å². The molecule has 0 spiro atoms. The largest absolute Gasteiger partial charge is 0.289 e. The highest BCUT2D eigenvalue weighted by molar-refractivity contribution is 6.06. The molecule has 0 aliphatic heterocycles. The molecule has 0 saturated carbocycles. The molecule has 102 valence electrons. The smallest absolute Gasteiger partial charge is 0.185 e. The number of benzene rings is 2. The maximum Gasteiger partial charge on any atom is 0.185 e. The van der Waals surface area contributed by atoms with E-state index < -0.39 is 0 Å². The lowest BCUT2D eigenvalue weighted by atomic mass is 10.1. The molecule has 0 bridgehead atoms. The zero-order valence-corrected chi connectivity index (χ0v) is 11.3. The lowest BCUT2D eigenvalue weighted by Gasteiger charge is -1.96. The summed E-state index contributed by atoms with van der Waals surface area (Å²) in [6, 6.07) is 18.8. The standard InChI is InChI=1S/C17H13N3O/c21-17(14-7-3-1-4-8-14)12-11-15-13-20(19-18-15)16-9-5-2-6-10-16/h1-13H. The van der Waals surface area contributed by atoms with Gasteiger partial charge in [0.1, 0.15) is 5.69 Å². The fourth-order valence-corrected chi connectivity index (χ4v) is 1.92. The Hall–Kier alpha value is -3.01. The number of ketones is 1. The lowest BCUT2D eigenvalue weighted by Crippen LogP contribution is -1.93. The first-order chi connectivity index (χ1) is 10.3. The van der Waals surface area contributed by atoms with Gasteiger partial charge in [-0.15, -0.1) is 5.10 Å². The second-order valence-corrected chi connectivity index (χ2v) is 4.49. The molecule has 3 aromatic rings. The number of carbonyl (C=O) groups excluding carboxylic acids is 1. The van der Waals surface area contributed by atoms with Crippen molar-refractivity contribution in [2.45, 2.75) is 0 Å². The number of hydrogen-bond donors (Lipinski definition) is 0. The van der Waals surface area contributed by atoms with Gasteiger partial charge in [0.25, 0.3) is 0 Å². The third kappa shape index (κ3) is 3.12. The fraction of sp³-hybridized carbons (Fsp3) is 0. The van der Waals surface area contributed by atoms with Gasteiger partial charge in [0.2, 0.25) is 0 Å². The van der Waals surface area contributed by atoms with Crippen molar-refractivity contribution < 1.29 is 4.79 Å². The van der Waals surface area contributed by atoms with Crippen LogP contribution in [0, 0.1) is 0 Å². The molecular formula is C17H13N3O. The van der Waals surface area contributed by atoms with Gasteiger partial charge >= 0.3 is 0 Å². The molecule has 4 nitrogen and oxygen atoms in total. The average molecular weight is 275 g/mol. The molecule has 0 N–H and O–H groups in total. The molecule has 0 radical (unpaired) electrons. The summed E-state index contributed by atoms with van der Waals surface area (Å²) in [4.78, 5) is 12.0. The van der Waals surface area contributed by atoms with Gasteiger partial charge in [-0.05, 0) is 24.3 Å². The van der Waals surface area contributed by atoms with Crippen molar-refractivity contribution in [3.05, 3.63) is 84.2 Å². The van der Waals surface area contributed by atoms with Gasteiger partial charge in [-0.1, -0.05) is 53.7 Å². The second kappa shape index (κ2) is 5.96. The highest BCUT2D eigenvalue weighted by Gasteiger charge is 2.02. The zero-order valence-electron chi connectivity index (χ0n) is 11.3. The van der Waals surface area contributed by atoms with E-state index >= 15 is 0 Å². The first kappa shape index (κ1) is 13.0.